The molecule has 2 saturated heterocycles. The largest absolute Gasteiger partial charge is 0.481 e. The van der Waals surface area contributed by atoms with Gasteiger partial charge >= 0.3 is 6.03 Å². The maximum atomic E-state index is 12.6. The average molecular weight is 321 g/mol. The van der Waals surface area contributed by atoms with Crippen LogP contribution in [0.1, 0.15) is 24.8 Å². The minimum Gasteiger partial charge on any atom is -0.481 e. The molecular weight excluding hydrogens is 298 g/mol. The van der Waals surface area contributed by atoms with Crippen LogP contribution in [0.5, 0.6) is 11.8 Å². The van der Waals surface area contributed by atoms with Crippen molar-refractivity contribution in [1.29, 1.82) is 0 Å². The number of pyridine rings is 1. The van der Waals surface area contributed by atoms with Crippen LogP contribution < -0.4 is 14.8 Å². The topological polar surface area (TPSA) is 72.9 Å². The summed E-state index contributed by atoms with van der Waals surface area (Å²) >= 11 is 0. The zero-order valence-corrected chi connectivity index (χ0v) is 13.6. The molecule has 2 fully saturated rings. The van der Waals surface area contributed by atoms with Gasteiger partial charge in [-0.15, -0.1) is 0 Å². The Labute approximate surface area is 135 Å². The Morgan fingerprint density at radius 1 is 1.39 bits per heavy atom. The molecule has 0 bridgehead atoms. The Kier molecular flexibility index (Phi) is 4.56. The van der Waals surface area contributed by atoms with Crippen LogP contribution in [0, 0.1) is 0 Å². The van der Waals surface area contributed by atoms with Crippen molar-refractivity contribution in [3.8, 4) is 11.8 Å². The zero-order valence-electron chi connectivity index (χ0n) is 13.6. The first-order valence-corrected chi connectivity index (χ1v) is 7.90. The molecule has 23 heavy (non-hydrogen) atoms. The molecule has 3 heterocycles. The molecule has 2 aliphatic heterocycles. The molecule has 7 heteroatoms. The van der Waals surface area contributed by atoms with Gasteiger partial charge in [0.15, 0.2) is 0 Å². The molecule has 3 rings (SSSR count). The molecule has 0 aliphatic carbocycles. The first kappa shape index (κ1) is 15.9. The normalized spacial score (nSPS) is 23.3. The fourth-order valence-corrected chi connectivity index (χ4v) is 3.41. The Hall–Kier alpha value is -2.02. The molecular formula is C16H23N3O4. The lowest BCUT2D eigenvalue weighted by Gasteiger charge is -2.33. The van der Waals surface area contributed by atoms with E-state index in [0.717, 1.165) is 38.0 Å². The number of carbonyl (C=O) groups excluding carboxylic acids is 1. The summed E-state index contributed by atoms with van der Waals surface area (Å²) in [6.45, 7) is 2.54. The maximum Gasteiger partial charge on any atom is 0.318 e. The van der Waals surface area contributed by atoms with E-state index < -0.39 is 0 Å². The van der Waals surface area contributed by atoms with E-state index in [9.17, 15) is 4.79 Å². The second-order valence-corrected chi connectivity index (χ2v) is 5.96. The number of urea groups is 1. The quantitative estimate of drug-likeness (QED) is 0.911. The highest BCUT2D eigenvalue weighted by molar-refractivity contribution is 5.75. The van der Waals surface area contributed by atoms with Crippen LogP contribution in [0.2, 0.25) is 0 Å². The number of amides is 2. The van der Waals surface area contributed by atoms with Crippen LogP contribution in [0.3, 0.4) is 0 Å². The van der Waals surface area contributed by atoms with E-state index in [4.69, 9.17) is 14.2 Å². The Balaban J connectivity index is 1.65. The molecule has 1 aromatic rings. The van der Waals surface area contributed by atoms with Crippen molar-refractivity contribution in [3.63, 3.8) is 0 Å². The van der Waals surface area contributed by atoms with Gasteiger partial charge in [-0.3, -0.25) is 0 Å². The smallest absolute Gasteiger partial charge is 0.318 e. The molecule has 0 saturated carbocycles. The summed E-state index contributed by atoms with van der Waals surface area (Å²) in [4.78, 5) is 18.7. The van der Waals surface area contributed by atoms with Gasteiger partial charge in [0, 0.05) is 31.3 Å². The zero-order chi connectivity index (χ0) is 16.3. The Morgan fingerprint density at radius 3 is 2.96 bits per heavy atom. The number of hydrogen-bond donors (Lipinski definition) is 1. The van der Waals surface area contributed by atoms with Crippen LogP contribution in [0.15, 0.2) is 12.1 Å². The van der Waals surface area contributed by atoms with E-state index in [2.05, 4.69) is 10.3 Å². The van der Waals surface area contributed by atoms with Crippen molar-refractivity contribution in [2.24, 2.45) is 0 Å². The summed E-state index contributed by atoms with van der Waals surface area (Å²) < 4.78 is 15.9. The standard InChI is InChI=1S/C16H23N3O4/c1-21-13-5-4-12(14(18-13)22-2)10-17-15(20)19-8-3-6-16(19)7-9-23-11-16/h4-5H,3,6-11H2,1-2H3,(H,17,20). The van der Waals surface area contributed by atoms with Gasteiger partial charge in [-0.05, 0) is 25.3 Å². The number of likely N-dealkylation sites (tertiary alicyclic amines) is 1. The third-order valence-electron chi connectivity index (χ3n) is 4.67. The molecule has 7 nitrogen and oxygen atoms in total. The summed E-state index contributed by atoms with van der Waals surface area (Å²) in [5.74, 6) is 0.948. The monoisotopic (exact) mass is 321 g/mol. The lowest BCUT2D eigenvalue weighted by molar-refractivity contribution is 0.114. The predicted molar refractivity (Wildman–Crippen MR) is 83.7 cm³/mol. The van der Waals surface area contributed by atoms with Crippen molar-refractivity contribution in [3.05, 3.63) is 17.7 Å². The van der Waals surface area contributed by atoms with E-state index in [1.165, 1.54) is 0 Å². The van der Waals surface area contributed by atoms with E-state index in [0.29, 0.717) is 24.9 Å². The van der Waals surface area contributed by atoms with Crippen LogP contribution in [0.25, 0.3) is 0 Å². The van der Waals surface area contributed by atoms with Gasteiger partial charge in [0.2, 0.25) is 11.8 Å². The third-order valence-corrected chi connectivity index (χ3v) is 4.67. The molecule has 0 radical (unpaired) electrons. The van der Waals surface area contributed by atoms with E-state index in [1.807, 2.05) is 11.0 Å². The van der Waals surface area contributed by atoms with Gasteiger partial charge in [-0.2, -0.15) is 4.98 Å². The number of hydrogen-bond acceptors (Lipinski definition) is 5. The third kappa shape index (κ3) is 3.06. The molecule has 1 atom stereocenters. The first-order chi connectivity index (χ1) is 11.2. The minimum atomic E-state index is -0.105. The molecule has 1 spiro atoms. The summed E-state index contributed by atoms with van der Waals surface area (Å²) in [6, 6.07) is 3.56. The summed E-state index contributed by atoms with van der Waals surface area (Å²) in [5.41, 5.74) is 0.712. The highest BCUT2D eigenvalue weighted by Gasteiger charge is 2.46. The van der Waals surface area contributed by atoms with Gasteiger partial charge in [0.25, 0.3) is 0 Å². The van der Waals surface area contributed by atoms with Gasteiger partial charge in [0.1, 0.15) is 0 Å². The second-order valence-electron chi connectivity index (χ2n) is 5.96. The SMILES string of the molecule is COc1ccc(CNC(=O)N2CCCC23CCOC3)c(OC)n1. The van der Waals surface area contributed by atoms with Crippen LogP contribution in [0.4, 0.5) is 4.79 Å². The van der Waals surface area contributed by atoms with Crippen molar-refractivity contribution in [2.45, 2.75) is 31.3 Å². The number of aromatic nitrogens is 1. The van der Waals surface area contributed by atoms with Crippen LogP contribution in [-0.4, -0.2) is 55.4 Å². The second kappa shape index (κ2) is 6.62. The fourth-order valence-electron chi connectivity index (χ4n) is 3.41. The van der Waals surface area contributed by atoms with Crippen molar-refractivity contribution < 1.29 is 19.0 Å². The summed E-state index contributed by atoms with van der Waals surface area (Å²) in [5, 5.41) is 2.97. The van der Waals surface area contributed by atoms with Gasteiger partial charge in [-0.25, -0.2) is 4.79 Å². The maximum absolute atomic E-state index is 12.6. The van der Waals surface area contributed by atoms with E-state index >= 15 is 0 Å². The molecule has 126 valence electrons. The van der Waals surface area contributed by atoms with Gasteiger partial charge < -0.3 is 24.4 Å². The molecule has 2 amide bonds. The average Bonchev–Trinajstić information content (AvgIpc) is 3.23. The van der Waals surface area contributed by atoms with Crippen LogP contribution >= 0.6 is 0 Å². The van der Waals surface area contributed by atoms with Gasteiger partial charge in [0.05, 0.1) is 26.4 Å². The molecule has 2 aliphatic rings. The molecule has 0 aromatic carbocycles. The summed E-state index contributed by atoms with van der Waals surface area (Å²) in [7, 11) is 3.11. The Bertz CT molecular complexity index is 567. The van der Waals surface area contributed by atoms with E-state index in [-0.39, 0.29) is 11.6 Å². The number of methoxy groups -OCH3 is 2. The highest BCUT2D eigenvalue weighted by atomic mass is 16.5. The van der Waals surface area contributed by atoms with Crippen molar-refractivity contribution >= 4 is 6.03 Å². The van der Waals surface area contributed by atoms with E-state index in [1.54, 1.807) is 20.3 Å². The lowest BCUT2D eigenvalue weighted by atomic mass is 9.96. The number of nitrogens with one attached hydrogen (secondary N) is 1. The highest BCUT2D eigenvalue weighted by Crippen LogP contribution is 2.36. The van der Waals surface area contributed by atoms with Crippen molar-refractivity contribution in [1.82, 2.24) is 15.2 Å². The number of carbonyl (C=O) groups is 1. The number of ether oxygens (including phenoxy) is 3. The Morgan fingerprint density at radius 2 is 2.26 bits per heavy atom. The van der Waals surface area contributed by atoms with Crippen molar-refractivity contribution in [2.75, 3.05) is 34.0 Å². The predicted octanol–water partition coefficient (Wildman–Crippen LogP) is 1.56. The minimum absolute atomic E-state index is 0.0501. The fraction of sp³-hybridized carbons (Fsp3) is 0.625. The van der Waals surface area contributed by atoms with Gasteiger partial charge in [-0.1, -0.05) is 0 Å². The number of nitrogens with zero attached hydrogens (tertiary/aromatic N) is 2. The van der Waals surface area contributed by atoms with Crippen LogP contribution in [-0.2, 0) is 11.3 Å². The first-order valence-electron chi connectivity index (χ1n) is 7.90. The lowest BCUT2D eigenvalue weighted by Crippen LogP contribution is -2.51. The molecule has 1 aromatic heterocycles. The number of rotatable bonds is 4. The molecule has 1 N–H and O–H groups in total. The molecule has 1 unspecified atom stereocenters. The summed E-state index contributed by atoms with van der Waals surface area (Å²) in [6.07, 6.45) is 2.98.